The summed E-state index contributed by atoms with van der Waals surface area (Å²) in [6.45, 7) is 1.70. The van der Waals surface area contributed by atoms with Gasteiger partial charge in [0.25, 0.3) is 0 Å². The largest absolute Gasteiger partial charge is 0.424 e. The van der Waals surface area contributed by atoms with Gasteiger partial charge in [-0.1, -0.05) is 21.1 Å². The molecule has 2 rings (SSSR count). The molecule has 1 aromatic heterocycles. The van der Waals surface area contributed by atoms with Crippen LogP contribution in [0.3, 0.4) is 0 Å². The molecular weight excluding hydrogens is 331 g/mol. The van der Waals surface area contributed by atoms with Crippen LogP contribution in [0.4, 0.5) is 4.39 Å². The molecule has 0 aliphatic heterocycles. The first-order valence-electron chi connectivity index (χ1n) is 5.45. The van der Waals surface area contributed by atoms with Crippen molar-refractivity contribution in [1.29, 1.82) is 0 Å². The molecule has 6 nitrogen and oxygen atoms in total. The number of benzene rings is 1. The molecule has 0 radical (unpaired) electrons. The van der Waals surface area contributed by atoms with Crippen LogP contribution in [0.25, 0.3) is 0 Å². The van der Waals surface area contributed by atoms with E-state index in [1.807, 2.05) is 0 Å². The Morgan fingerprint density at radius 2 is 2.10 bits per heavy atom. The second-order valence-corrected chi connectivity index (χ2v) is 4.79. The number of nitrogens with zero attached hydrogens (tertiary/aromatic N) is 3. The second-order valence-electron chi connectivity index (χ2n) is 3.87. The van der Waals surface area contributed by atoms with Crippen molar-refractivity contribution in [3.8, 4) is 11.8 Å². The fraction of sp³-hybridized carbons (Fsp3) is 0.0833. The molecule has 8 heteroatoms. The number of rotatable bonds is 3. The van der Waals surface area contributed by atoms with Gasteiger partial charge >= 0.3 is 6.01 Å². The van der Waals surface area contributed by atoms with Crippen LogP contribution >= 0.6 is 15.9 Å². The van der Waals surface area contributed by atoms with Gasteiger partial charge in [-0.3, -0.25) is 0 Å². The zero-order valence-electron chi connectivity index (χ0n) is 10.3. The van der Waals surface area contributed by atoms with Crippen LogP contribution in [-0.2, 0) is 0 Å². The van der Waals surface area contributed by atoms with Crippen molar-refractivity contribution in [3.05, 3.63) is 45.9 Å². The minimum Gasteiger partial charge on any atom is -0.424 e. The Hall–Kier alpha value is -2.22. The van der Waals surface area contributed by atoms with Crippen molar-refractivity contribution in [2.45, 2.75) is 6.92 Å². The Kier molecular flexibility index (Phi) is 4.14. The van der Waals surface area contributed by atoms with E-state index in [1.165, 1.54) is 18.2 Å². The summed E-state index contributed by atoms with van der Waals surface area (Å²) >= 11 is 3.16. The molecule has 0 aliphatic rings. The first-order chi connectivity index (χ1) is 9.47. The highest BCUT2D eigenvalue weighted by Gasteiger charge is 2.09. The maximum Gasteiger partial charge on any atom is 0.322 e. The van der Waals surface area contributed by atoms with Crippen LogP contribution in [0.2, 0.25) is 0 Å². The maximum atomic E-state index is 13.2. The average Bonchev–Trinajstić information content (AvgIpc) is 2.35. The van der Waals surface area contributed by atoms with Crippen LogP contribution in [0, 0.1) is 12.7 Å². The quantitative estimate of drug-likeness (QED) is 0.387. The summed E-state index contributed by atoms with van der Waals surface area (Å²) in [5.74, 6) is -0.396. The predicted molar refractivity (Wildman–Crippen MR) is 73.5 cm³/mol. The normalized spacial score (nSPS) is 11.4. The first-order valence-corrected chi connectivity index (χ1v) is 6.25. The van der Waals surface area contributed by atoms with Crippen molar-refractivity contribution in [3.63, 3.8) is 0 Å². The monoisotopic (exact) mass is 340 g/mol. The minimum absolute atomic E-state index is 0.0240. The van der Waals surface area contributed by atoms with Gasteiger partial charge < -0.3 is 15.7 Å². The molecular formula is C12H10BrFN4O2. The van der Waals surface area contributed by atoms with E-state index in [2.05, 4.69) is 31.1 Å². The zero-order valence-corrected chi connectivity index (χ0v) is 11.9. The lowest BCUT2D eigenvalue weighted by molar-refractivity contribution is 0.318. The van der Waals surface area contributed by atoms with Crippen molar-refractivity contribution in [2.75, 3.05) is 0 Å². The van der Waals surface area contributed by atoms with Gasteiger partial charge in [0.2, 0.25) is 0 Å². The smallest absolute Gasteiger partial charge is 0.322 e. The molecule has 2 aromatic rings. The van der Waals surface area contributed by atoms with Crippen LogP contribution in [0.15, 0.2) is 33.9 Å². The van der Waals surface area contributed by atoms with Crippen LogP contribution in [0.5, 0.6) is 11.8 Å². The Morgan fingerprint density at radius 3 is 2.75 bits per heavy atom. The van der Waals surface area contributed by atoms with E-state index >= 15 is 0 Å². The van der Waals surface area contributed by atoms with E-state index in [9.17, 15) is 4.39 Å². The van der Waals surface area contributed by atoms with E-state index in [1.54, 1.807) is 13.0 Å². The van der Waals surface area contributed by atoms with E-state index in [-0.39, 0.29) is 23.3 Å². The third-order valence-corrected chi connectivity index (χ3v) is 2.71. The molecule has 3 N–H and O–H groups in total. The molecule has 104 valence electrons. The molecule has 1 aromatic carbocycles. The zero-order chi connectivity index (χ0) is 14.7. The fourth-order valence-corrected chi connectivity index (χ4v) is 1.91. The Morgan fingerprint density at radius 1 is 1.35 bits per heavy atom. The Bertz CT molecular complexity index is 658. The van der Waals surface area contributed by atoms with Crippen molar-refractivity contribution < 1.29 is 14.3 Å². The van der Waals surface area contributed by atoms with Crippen LogP contribution in [0.1, 0.15) is 11.4 Å². The molecule has 0 bridgehead atoms. The number of halogens is 2. The summed E-state index contributed by atoms with van der Waals surface area (Å²) in [6, 6.07) is 5.57. The highest BCUT2D eigenvalue weighted by atomic mass is 79.9. The number of hydrogen-bond donors (Lipinski definition) is 2. The van der Waals surface area contributed by atoms with Crippen molar-refractivity contribution >= 4 is 21.8 Å². The van der Waals surface area contributed by atoms with E-state index < -0.39 is 5.82 Å². The number of hydrogen-bond acceptors (Lipinski definition) is 5. The summed E-state index contributed by atoms with van der Waals surface area (Å²) in [4.78, 5) is 8.01. The van der Waals surface area contributed by atoms with Crippen LogP contribution in [-0.4, -0.2) is 21.0 Å². The lowest BCUT2D eigenvalue weighted by Crippen LogP contribution is -2.16. The predicted octanol–water partition coefficient (Wildman–Crippen LogP) is 2.57. The molecule has 0 fully saturated rings. The summed E-state index contributed by atoms with van der Waals surface area (Å²) in [7, 11) is 0. The van der Waals surface area contributed by atoms with Gasteiger partial charge in [0, 0.05) is 16.2 Å². The number of aryl methyl sites for hydroxylation is 1. The standard InChI is InChI=1S/C12H10BrFN4O2/c1-6-2-10(11(15)18-19)17-12(16-6)20-9-4-7(13)3-8(14)5-9/h2-5,19H,1H3,(H2,15,18). The number of amidine groups is 1. The van der Waals surface area contributed by atoms with Crippen molar-refractivity contribution in [1.82, 2.24) is 9.97 Å². The van der Waals surface area contributed by atoms with Gasteiger partial charge in [0.15, 0.2) is 5.84 Å². The third kappa shape index (κ3) is 3.41. The molecule has 20 heavy (non-hydrogen) atoms. The number of oxime groups is 1. The van der Waals surface area contributed by atoms with Gasteiger partial charge in [-0.05, 0) is 25.1 Å². The van der Waals surface area contributed by atoms with E-state index in [0.29, 0.717) is 10.2 Å². The number of nitrogens with two attached hydrogens (primary N) is 1. The lowest BCUT2D eigenvalue weighted by Gasteiger charge is -2.07. The Balaban J connectivity index is 2.36. The first kappa shape index (κ1) is 14.2. The van der Waals surface area contributed by atoms with Gasteiger partial charge in [-0.15, -0.1) is 0 Å². The molecule has 0 atom stereocenters. The minimum atomic E-state index is -0.460. The van der Waals surface area contributed by atoms with Gasteiger partial charge in [-0.2, -0.15) is 4.98 Å². The topological polar surface area (TPSA) is 93.6 Å². The van der Waals surface area contributed by atoms with E-state index in [4.69, 9.17) is 15.7 Å². The van der Waals surface area contributed by atoms with Crippen molar-refractivity contribution in [2.24, 2.45) is 10.9 Å². The molecule has 0 aliphatic carbocycles. The highest BCUT2D eigenvalue weighted by Crippen LogP contribution is 2.24. The van der Waals surface area contributed by atoms with Gasteiger partial charge in [0.05, 0.1) is 0 Å². The van der Waals surface area contributed by atoms with E-state index in [0.717, 1.165) is 0 Å². The van der Waals surface area contributed by atoms with Gasteiger partial charge in [-0.25, -0.2) is 9.37 Å². The third-order valence-electron chi connectivity index (χ3n) is 2.25. The average molecular weight is 341 g/mol. The summed E-state index contributed by atoms with van der Waals surface area (Å²) in [6.07, 6.45) is 0. The highest BCUT2D eigenvalue weighted by molar-refractivity contribution is 9.10. The SMILES string of the molecule is Cc1cc(/C(N)=N/O)nc(Oc2cc(F)cc(Br)c2)n1. The summed E-state index contributed by atoms with van der Waals surface area (Å²) in [5.41, 5.74) is 6.24. The molecule has 0 unspecified atom stereocenters. The second kappa shape index (κ2) is 5.83. The van der Waals surface area contributed by atoms with Gasteiger partial charge in [0.1, 0.15) is 17.3 Å². The Labute approximate surface area is 122 Å². The molecule has 0 spiro atoms. The maximum absolute atomic E-state index is 13.2. The fourth-order valence-electron chi connectivity index (χ4n) is 1.46. The molecule has 1 heterocycles. The summed E-state index contributed by atoms with van der Waals surface area (Å²) < 4.78 is 19.1. The van der Waals surface area contributed by atoms with Crippen LogP contribution < -0.4 is 10.5 Å². The summed E-state index contributed by atoms with van der Waals surface area (Å²) in [5, 5.41) is 11.5. The lowest BCUT2D eigenvalue weighted by atomic mass is 10.3. The molecule has 0 saturated carbocycles. The number of aromatic nitrogens is 2. The molecule has 0 saturated heterocycles. The molecule has 0 amide bonds. The number of ether oxygens (including phenoxy) is 1.